The van der Waals surface area contributed by atoms with Crippen LogP contribution in [0.15, 0.2) is 40.9 Å². The number of halogens is 1. The Morgan fingerprint density at radius 2 is 1.94 bits per heavy atom. The zero-order valence-corrected chi connectivity index (χ0v) is 11.6. The van der Waals surface area contributed by atoms with Gasteiger partial charge in [0, 0.05) is 4.47 Å². The Kier molecular flexibility index (Phi) is 3.87. The third kappa shape index (κ3) is 2.82. The van der Waals surface area contributed by atoms with Crippen molar-refractivity contribution >= 4 is 32.6 Å². The Hall–Kier alpha value is -1.55. The zero-order chi connectivity index (χ0) is 13.1. The number of rotatable bonds is 4. The Morgan fingerprint density at radius 3 is 2.61 bits per heavy atom. The molecule has 0 spiro atoms. The number of fused-ring (bicyclic) bond motifs is 1. The molecule has 0 heterocycles. The molecule has 2 aromatic rings. The summed E-state index contributed by atoms with van der Waals surface area (Å²) in [6, 6.07) is 11.7. The van der Waals surface area contributed by atoms with Crippen molar-refractivity contribution in [2.45, 2.75) is 19.4 Å². The summed E-state index contributed by atoms with van der Waals surface area (Å²) < 4.78 is 6.61. The Morgan fingerprint density at radius 1 is 1.28 bits per heavy atom. The second-order valence-electron chi connectivity index (χ2n) is 4.07. The molecule has 94 valence electrons. The minimum atomic E-state index is -0.571. The molecule has 18 heavy (non-hydrogen) atoms. The molecular formula is C14H14BrNO2. The zero-order valence-electron chi connectivity index (χ0n) is 10.0. The van der Waals surface area contributed by atoms with Crippen LogP contribution in [0.2, 0.25) is 0 Å². The molecule has 1 amide bonds. The molecule has 2 N–H and O–H groups in total. The molecule has 0 saturated carbocycles. The van der Waals surface area contributed by atoms with Crippen molar-refractivity contribution < 1.29 is 9.53 Å². The lowest BCUT2D eigenvalue weighted by Gasteiger charge is -2.14. The second-order valence-corrected chi connectivity index (χ2v) is 4.99. The highest BCUT2D eigenvalue weighted by Gasteiger charge is 2.14. The van der Waals surface area contributed by atoms with Crippen molar-refractivity contribution in [1.82, 2.24) is 0 Å². The summed E-state index contributed by atoms with van der Waals surface area (Å²) in [6.07, 6.45) is -0.00819. The van der Waals surface area contributed by atoms with Crippen LogP contribution in [0.5, 0.6) is 5.75 Å². The number of hydrogen-bond donors (Lipinski definition) is 1. The van der Waals surface area contributed by atoms with Gasteiger partial charge >= 0.3 is 0 Å². The van der Waals surface area contributed by atoms with Gasteiger partial charge in [-0.2, -0.15) is 0 Å². The average molecular weight is 308 g/mol. The van der Waals surface area contributed by atoms with E-state index in [1.807, 2.05) is 43.3 Å². The maximum absolute atomic E-state index is 11.1. The Bertz CT molecular complexity index is 583. The van der Waals surface area contributed by atoms with Gasteiger partial charge in [0.05, 0.1) is 0 Å². The van der Waals surface area contributed by atoms with Crippen molar-refractivity contribution in [2.24, 2.45) is 5.73 Å². The number of ether oxygens (including phenoxy) is 1. The summed E-state index contributed by atoms with van der Waals surface area (Å²) >= 11 is 3.43. The Balaban J connectivity index is 2.30. The molecule has 0 fully saturated rings. The second kappa shape index (κ2) is 5.40. The van der Waals surface area contributed by atoms with Crippen LogP contribution in [-0.4, -0.2) is 12.0 Å². The maximum atomic E-state index is 11.1. The van der Waals surface area contributed by atoms with Gasteiger partial charge in [-0.05, 0) is 41.5 Å². The van der Waals surface area contributed by atoms with Crippen LogP contribution in [0, 0.1) is 0 Å². The third-order valence-corrected chi connectivity index (χ3v) is 3.23. The number of carbonyl (C=O) groups is 1. The van der Waals surface area contributed by atoms with Gasteiger partial charge in [-0.1, -0.05) is 35.0 Å². The van der Waals surface area contributed by atoms with Crippen LogP contribution in [0.4, 0.5) is 0 Å². The summed E-state index contributed by atoms with van der Waals surface area (Å²) in [5.74, 6) is 0.226. The number of hydrogen-bond acceptors (Lipinski definition) is 2. The molecule has 1 atom stereocenters. The largest absolute Gasteiger partial charge is 0.481 e. The highest BCUT2D eigenvalue weighted by atomic mass is 79.9. The van der Waals surface area contributed by atoms with E-state index in [1.54, 1.807) is 0 Å². The lowest BCUT2D eigenvalue weighted by atomic mass is 10.1. The summed E-state index contributed by atoms with van der Waals surface area (Å²) in [5, 5.41) is 2.18. The predicted octanol–water partition coefficient (Wildman–Crippen LogP) is 3.25. The first-order valence-electron chi connectivity index (χ1n) is 5.75. The van der Waals surface area contributed by atoms with Gasteiger partial charge in [-0.15, -0.1) is 0 Å². The summed E-state index contributed by atoms with van der Waals surface area (Å²) in [6.45, 7) is 1.87. The quantitative estimate of drug-likeness (QED) is 0.942. The lowest BCUT2D eigenvalue weighted by Crippen LogP contribution is -2.32. The first-order chi connectivity index (χ1) is 8.60. The van der Waals surface area contributed by atoms with Gasteiger partial charge in [0.25, 0.3) is 5.91 Å². The van der Waals surface area contributed by atoms with Crippen LogP contribution < -0.4 is 10.5 Å². The van der Waals surface area contributed by atoms with Crippen molar-refractivity contribution in [1.29, 1.82) is 0 Å². The molecule has 2 rings (SSSR count). The van der Waals surface area contributed by atoms with E-state index >= 15 is 0 Å². The topological polar surface area (TPSA) is 52.3 Å². The molecule has 0 aliphatic heterocycles. The fraction of sp³-hybridized carbons (Fsp3) is 0.214. The first kappa shape index (κ1) is 12.9. The normalized spacial score (nSPS) is 12.3. The fourth-order valence-corrected chi connectivity index (χ4v) is 2.15. The van der Waals surface area contributed by atoms with Crippen molar-refractivity contribution in [3.8, 4) is 5.75 Å². The summed E-state index contributed by atoms with van der Waals surface area (Å²) in [5.41, 5.74) is 5.26. The van der Waals surface area contributed by atoms with E-state index < -0.39 is 12.0 Å². The van der Waals surface area contributed by atoms with Gasteiger partial charge in [0.2, 0.25) is 0 Å². The smallest absolute Gasteiger partial charge is 0.258 e. The lowest BCUT2D eigenvalue weighted by molar-refractivity contribution is -0.124. The number of carbonyl (C=O) groups excluding carboxylic acids is 1. The molecule has 0 aliphatic rings. The van der Waals surface area contributed by atoms with Gasteiger partial charge in [0.15, 0.2) is 6.10 Å². The third-order valence-electron chi connectivity index (χ3n) is 2.74. The van der Waals surface area contributed by atoms with E-state index in [0.717, 1.165) is 15.2 Å². The van der Waals surface area contributed by atoms with Gasteiger partial charge in [0.1, 0.15) is 5.75 Å². The van der Waals surface area contributed by atoms with Crippen molar-refractivity contribution in [3.05, 3.63) is 40.9 Å². The minimum absolute atomic E-state index is 0.437. The summed E-state index contributed by atoms with van der Waals surface area (Å²) in [7, 11) is 0. The van der Waals surface area contributed by atoms with E-state index in [-0.39, 0.29) is 0 Å². The van der Waals surface area contributed by atoms with Crippen LogP contribution in [0.1, 0.15) is 13.3 Å². The van der Waals surface area contributed by atoms with Crippen LogP contribution >= 0.6 is 15.9 Å². The van der Waals surface area contributed by atoms with Gasteiger partial charge in [-0.25, -0.2) is 0 Å². The molecule has 0 aromatic heterocycles. The molecule has 0 aliphatic carbocycles. The molecule has 0 bridgehead atoms. The monoisotopic (exact) mass is 307 g/mol. The number of amides is 1. The summed E-state index contributed by atoms with van der Waals surface area (Å²) in [4.78, 5) is 11.1. The molecule has 3 nitrogen and oxygen atoms in total. The highest BCUT2D eigenvalue weighted by Crippen LogP contribution is 2.24. The fourth-order valence-electron chi connectivity index (χ4n) is 1.77. The molecule has 4 heteroatoms. The minimum Gasteiger partial charge on any atom is -0.481 e. The van der Waals surface area contributed by atoms with Crippen molar-refractivity contribution in [3.63, 3.8) is 0 Å². The maximum Gasteiger partial charge on any atom is 0.258 e. The molecule has 0 saturated heterocycles. The molecule has 0 radical (unpaired) electrons. The molecule has 2 aromatic carbocycles. The van der Waals surface area contributed by atoms with E-state index in [4.69, 9.17) is 10.5 Å². The van der Waals surface area contributed by atoms with Crippen LogP contribution in [-0.2, 0) is 4.79 Å². The predicted molar refractivity (Wildman–Crippen MR) is 75.5 cm³/mol. The first-order valence-corrected chi connectivity index (χ1v) is 6.54. The SMILES string of the molecule is CCC(Oc1ccc2cc(Br)ccc2c1)C(N)=O. The van der Waals surface area contributed by atoms with Crippen LogP contribution in [0.3, 0.4) is 0 Å². The highest BCUT2D eigenvalue weighted by molar-refractivity contribution is 9.10. The van der Waals surface area contributed by atoms with Crippen LogP contribution in [0.25, 0.3) is 10.8 Å². The number of nitrogens with two attached hydrogens (primary N) is 1. The molecular weight excluding hydrogens is 294 g/mol. The van der Waals surface area contributed by atoms with E-state index in [0.29, 0.717) is 12.2 Å². The Labute approximate surface area is 114 Å². The number of benzene rings is 2. The van der Waals surface area contributed by atoms with Crippen molar-refractivity contribution in [2.75, 3.05) is 0 Å². The van der Waals surface area contributed by atoms with Gasteiger partial charge in [-0.3, -0.25) is 4.79 Å². The van der Waals surface area contributed by atoms with E-state index in [2.05, 4.69) is 15.9 Å². The molecule has 1 unspecified atom stereocenters. The van der Waals surface area contributed by atoms with E-state index in [1.165, 1.54) is 0 Å². The van der Waals surface area contributed by atoms with Gasteiger partial charge < -0.3 is 10.5 Å². The standard InChI is InChI=1S/C14H14BrNO2/c1-2-13(14(16)17)18-12-6-4-9-7-11(15)5-3-10(9)8-12/h3-8,13H,2H2,1H3,(H2,16,17). The van der Waals surface area contributed by atoms with E-state index in [9.17, 15) is 4.79 Å². The average Bonchev–Trinajstić information content (AvgIpc) is 2.35. The number of primary amides is 1.